The van der Waals surface area contributed by atoms with Crippen LogP contribution in [0.2, 0.25) is 0 Å². The molecule has 2 unspecified atom stereocenters. The van der Waals surface area contributed by atoms with Crippen molar-refractivity contribution in [2.24, 2.45) is 0 Å². The van der Waals surface area contributed by atoms with Crippen molar-refractivity contribution in [3.05, 3.63) is 70.1 Å². The Hall–Kier alpha value is -3.53. The largest absolute Gasteiger partial charge is 0.444 e. The summed E-state index contributed by atoms with van der Waals surface area (Å²) >= 11 is 0. The van der Waals surface area contributed by atoms with E-state index in [4.69, 9.17) is 10.00 Å². The highest BCUT2D eigenvalue weighted by atomic mass is 16.6. The minimum Gasteiger partial charge on any atom is -0.444 e. The van der Waals surface area contributed by atoms with Crippen molar-refractivity contribution in [1.82, 2.24) is 14.5 Å². The van der Waals surface area contributed by atoms with E-state index < -0.39 is 0 Å². The summed E-state index contributed by atoms with van der Waals surface area (Å²) in [6.45, 7) is 1.95. The highest BCUT2D eigenvalue weighted by Crippen LogP contribution is 2.40. The molecule has 1 amide bonds. The Morgan fingerprint density at radius 3 is 2.45 bits per heavy atom. The molecule has 1 saturated carbocycles. The molecule has 1 N–H and O–H groups in total. The third-order valence-corrected chi connectivity index (χ3v) is 6.65. The molecule has 3 aromatic rings. The summed E-state index contributed by atoms with van der Waals surface area (Å²) in [5.41, 5.74) is 2.98. The van der Waals surface area contributed by atoms with Crippen LogP contribution in [0.4, 0.5) is 4.79 Å². The van der Waals surface area contributed by atoms with E-state index in [0.717, 1.165) is 36.8 Å². The second-order valence-electron chi connectivity index (χ2n) is 8.46. The molecule has 2 aromatic carbocycles. The molecule has 2 aliphatic rings. The van der Waals surface area contributed by atoms with Gasteiger partial charge in [0.25, 0.3) is 0 Å². The minimum absolute atomic E-state index is 0.0663. The normalized spacial score (nSPS) is 26.1. The molecule has 1 aromatic heterocycles. The Kier molecular flexibility index (Phi) is 4.78. The van der Waals surface area contributed by atoms with E-state index >= 15 is 0 Å². The number of fused-ring (bicyclic) bond motifs is 1. The van der Waals surface area contributed by atoms with Gasteiger partial charge in [0.2, 0.25) is 0 Å². The van der Waals surface area contributed by atoms with E-state index in [1.54, 1.807) is 12.1 Å². The number of H-pyrrole nitrogens is 1. The molecule has 1 aliphatic heterocycles. The van der Waals surface area contributed by atoms with Crippen molar-refractivity contribution in [3.63, 3.8) is 0 Å². The first-order chi connectivity index (χ1) is 15.1. The van der Waals surface area contributed by atoms with Gasteiger partial charge < -0.3 is 9.72 Å². The van der Waals surface area contributed by atoms with Crippen molar-refractivity contribution in [2.45, 2.75) is 56.8 Å². The van der Waals surface area contributed by atoms with Crippen molar-refractivity contribution in [2.75, 3.05) is 0 Å². The number of amides is 1. The number of nitriles is 1. The summed E-state index contributed by atoms with van der Waals surface area (Å²) in [5.74, 6) is 0. The van der Waals surface area contributed by atoms with Gasteiger partial charge in [-0.3, -0.25) is 9.47 Å². The number of aromatic amines is 1. The molecular weight excluding hydrogens is 392 g/mol. The number of rotatable bonds is 3. The number of aromatic nitrogens is 2. The topological polar surface area (TPSA) is 91.1 Å². The fraction of sp³-hybridized carbons (Fsp3) is 0.375. The monoisotopic (exact) mass is 416 g/mol. The summed E-state index contributed by atoms with van der Waals surface area (Å²) in [5, 5.41) is 9.11. The first-order valence-corrected chi connectivity index (χ1v) is 10.7. The Labute approximate surface area is 179 Å². The Morgan fingerprint density at radius 2 is 1.74 bits per heavy atom. The third kappa shape index (κ3) is 3.28. The lowest BCUT2D eigenvalue weighted by molar-refractivity contribution is 0.121. The zero-order valence-electron chi connectivity index (χ0n) is 17.3. The van der Waals surface area contributed by atoms with Gasteiger partial charge in [-0.2, -0.15) is 5.26 Å². The van der Waals surface area contributed by atoms with Crippen molar-refractivity contribution >= 4 is 17.1 Å². The van der Waals surface area contributed by atoms with Gasteiger partial charge in [0.05, 0.1) is 28.7 Å². The maximum Gasteiger partial charge on any atom is 0.411 e. The third-order valence-electron chi connectivity index (χ3n) is 6.65. The number of benzene rings is 2. The number of nitrogens with one attached hydrogen (secondary N) is 1. The summed E-state index contributed by atoms with van der Waals surface area (Å²) in [6, 6.07) is 17.5. The number of nitrogens with zero attached hydrogens (tertiary/aromatic N) is 3. The predicted molar refractivity (Wildman–Crippen MR) is 116 cm³/mol. The Bertz CT molecular complexity index is 1220. The molecule has 2 atom stereocenters. The minimum atomic E-state index is -0.252. The van der Waals surface area contributed by atoms with Gasteiger partial charge in [0, 0.05) is 12.1 Å². The quantitative estimate of drug-likeness (QED) is 0.690. The van der Waals surface area contributed by atoms with Crippen LogP contribution in [-0.2, 0) is 4.74 Å². The highest BCUT2D eigenvalue weighted by molar-refractivity contribution is 5.77. The molecule has 2 fully saturated rings. The van der Waals surface area contributed by atoms with Gasteiger partial charge in [-0.15, -0.1) is 0 Å². The van der Waals surface area contributed by atoms with Crippen LogP contribution in [-0.4, -0.2) is 32.7 Å². The standard InChI is InChI=1S/C24H24N4O3/c1-15-22(17-5-3-2-4-6-17)28(24(30)31-15)19-10-8-18(9-11-19)27-21-12-7-16(14-25)13-20(21)26-23(27)29/h2-7,12-13,15,18-19,22H,8-11H2,1H3,(H,26,29)/t15?,18-,19-,22?. The lowest BCUT2D eigenvalue weighted by Crippen LogP contribution is -2.41. The van der Waals surface area contributed by atoms with Gasteiger partial charge in [0.1, 0.15) is 6.10 Å². The van der Waals surface area contributed by atoms with E-state index in [0.29, 0.717) is 11.1 Å². The maximum absolute atomic E-state index is 12.7. The number of carbonyl (C=O) groups excluding carboxylic acids is 1. The smallest absolute Gasteiger partial charge is 0.411 e. The molecule has 7 heteroatoms. The average molecular weight is 416 g/mol. The molecule has 0 spiro atoms. The molecule has 1 aliphatic carbocycles. The summed E-state index contributed by atoms with van der Waals surface area (Å²) in [6.07, 6.45) is 2.78. The zero-order chi connectivity index (χ0) is 21.5. The predicted octanol–water partition coefficient (Wildman–Crippen LogP) is 4.27. The van der Waals surface area contributed by atoms with Crippen LogP contribution in [0.15, 0.2) is 53.3 Å². The van der Waals surface area contributed by atoms with Gasteiger partial charge in [0.15, 0.2) is 0 Å². The van der Waals surface area contributed by atoms with E-state index in [1.807, 2.05) is 52.8 Å². The van der Waals surface area contributed by atoms with Crippen LogP contribution < -0.4 is 5.69 Å². The Balaban J connectivity index is 1.38. The summed E-state index contributed by atoms with van der Waals surface area (Å²) < 4.78 is 7.40. The molecule has 0 bridgehead atoms. The van der Waals surface area contributed by atoms with Crippen LogP contribution in [0.5, 0.6) is 0 Å². The fourth-order valence-corrected chi connectivity index (χ4v) is 5.24. The van der Waals surface area contributed by atoms with Crippen LogP contribution >= 0.6 is 0 Å². The summed E-state index contributed by atoms with van der Waals surface area (Å²) in [4.78, 5) is 30.1. The van der Waals surface area contributed by atoms with E-state index in [-0.39, 0.29) is 36.0 Å². The second kappa shape index (κ2) is 7.62. The van der Waals surface area contributed by atoms with Gasteiger partial charge in [-0.05, 0) is 56.4 Å². The van der Waals surface area contributed by atoms with E-state index in [2.05, 4.69) is 11.1 Å². The first kappa shape index (κ1) is 19.4. The summed E-state index contributed by atoms with van der Waals surface area (Å²) in [7, 11) is 0. The number of cyclic esters (lactones) is 1. The van der Waals surface area contributed by atoms with Crippen molar-refractivity contribution in [3.8, 4) is 6.07 Å². The highest BCUT2D eigenvalue weighted by Gasteiger charge is 2.44. The molecule has 7 nitrogen and oxygen atoms in total. The number of carbonyl (C=O) groups is 1. The van der Waals surface area contributed by atoms with Crippen LogP contribution in [0, 0.1) is 11.3 Å². The van der Waals surface area contributed by atoms with Crippen LogP contribution in [0.3, 0.4) is 0 Å². The Morgan fingerprint density at radius 1 is 1.03 bits per heavy atom. The van der Waals surface area contributed by atoms with E-state index in [9.17, 15) is 9.59 Å². The molecule has 0 radical (unpaired) electrons. The molecule has 31 heavy (non-hydrogen) atoms. The van der Waals surface area contributed by atoms with Crippen LogP contribution in [0.25, 0.3) is 11.0 Å². The van der Waals surface area contributed by atoms with Gasteiger partial charge in [-0.25, -0.2) is 9.59 Å². The van der Waals surface area contributed by atoms with Gasteiger partial charge >= 0.3 is 11.8 Å². The molecule has 2 heterocycles. The molecule has 5 rings (SSSR count). The SMILES string of the molecule is CC1OC(=O)N([C@H]2CC[C@H](n3c(=O)[nH]c4cc(C#N)ccc43)CC2)C1c1ccccc1. The fourth-order valence-electron chi connectivity index (χ4n) is 5.24. The zero-order valence-corrected chi connectivity index (χ0v) is 17.3. The van der Waals surface area contributed by atoms with E-state index in [1.165, 1.54) is 0 Å². The second-order valence-corrected chi connectivity index (χ2v) is 8.46. The van der Waals surface area contributed by atoms with Crippen molar-refractivity contribution < 1.29 is 9.53 Å². The number of imidazole rings is 1. The number of ether oxygens (including phenoxy) is 1. The van der Waals surface area contributed by atoms with Crippen LogP contribution in [0.1, 0.15) is 55.8 Å². The average Bonchev–Trinajstić information content (AvgIpc) is 3.28. The van der Waals surface area contributed by atoms with Crippen molar-refractivity contribution in [1.29, 1.82) is 5.26 Å². The first-order valence-electron chi connectivity index (χ1n) is 10.7. The molecule has 1 saturated heterocycles. The number of hydrogen-bond acceptors (Lipinski definition) is 4. The maximum atomic E-state index is 12.7. The molecule has 158 valence electrons. The number of hydrogen-bond donors (Lipinski definition) is 1. The van der Waals surface area contributed by atoms with Gasteiger partial charge in [-0.1, -0.05) is 30.3 Å². The lowest BCUT2D eigenvalue weighted by Gasteiger charge is -2.37. The lowest BCUT2D eigenvalue weighted by atomic mass is 9.88. The molecular formula is C24H24N4O3.